The Morgan fingerprint density at radius 1 is 1.18 bits per heavy atom. The number of benzene rings is 2. The summed E-state index contributed by atoms with van der Waals surface area (Å²) in [6.45, 7) is 3.30. The Kier molecular flexibility index (Phi) is 4.85. The quantitative estimate of drug-likeness (QED) is 0.507. The molecule has 0 saturated carbocycles. The summed E-state index contributed by atoms with van der Waals surface area (Å²) in [5.74, 6) is -3.84. The number of carbonyl (C=O) groups excluding carboxylic acids is 3. The molecule has 3 saturated heterocycles. The zero-order valence-electron chi connectivity index (χ0n) is 20.1. The van der Waals surface area contributed by atoms with Crippen LogP contribution in [0.5, 0.6) is 0 Å². The summed E-state index contributed by atoms with van der Waals surface area (Å²) >= 11 is 0. The first-order valence-corrected chi connectivity index (χ1v) is 11.8. The van der Waals surface area contributed by atoms with E-state index in [1.165, 1.54) is 6.07 Å². The lowest BCUT2D eigenvalue weighted by Gasteiger charge is -2.35. The number of alkyl halides is 3. The molecule has 2 bridgehead atoms. The van der Waals surface area contributed by atoms with Crippen molar-refractivity contribution in [1.82, 2.24) is 15.5 Å². The molecule has 5 atom stereocenters. The molecule has 0 unspecified atom stereocenters. The lowest BCUT2D eigenvalue weighted by molar-refractivity contribution is -0.138. The van der Waals surface area contributed by atoms with E-state index in [2.05, 4.69) is 15.5 Å². The van der Waals surface area contributed by atoms with E-state index in [4.69, 9.17) is 10.00 Å². The standard InChI is InChI=1S/C26H20F3N5O4/c1-24-10-17(31-21(35)20-14-5-3-4-6-16(14)32-33-20)25(2,38-24)19-18(24)22(36)34(23(19)37)13-8-7-12(11-30)15(9-13)26(27,28)29/h3-9,17-19H,10H2,1-2H3,(H,31,35)(H,32,33)/t17-,18-,19+,24-,25+/m1/s1. The summed E-state index contributed by atoms with van der Waals surface area (Å²) < 4.78 is 46.9. The van der Waals surface area contributed by atoms with Crippen molar-refractivity contribution in [2.24, 2.45) is 11.8 Å². The van der Waals surface area contributed by atoms with Crippen molar-refractivity contribution in [2.45, 2.75) is 43.7 Å². The summed E-state index contributed by atoms with van der Waals surface area (Å²) in [4.78, 5) is 41.0. The first-order valence-electron chi connectivity index (χ1n) is 11.8. The number of aromatic nitrogens is 2. The predicted octanol–water partition coefficient (Wildman–Crippen LogP) is 3.31. The van der Waals surface area contributed by atoms with Crippen LogP contribution in [0.3, 0.4) is 0 Å². The predicted molar refractivity (Wildman–Crippen MR) is 125 cm³/mol. The maximum atomic E-state index is 13.6. The van der Waals surface area contributed by atoms with Crippen molar-refractivity contribution >= 4 is 34.3 Å². The molecule has 0 spiro atoms. The molecule has 0 aliphatic carbocycles. The number of halogens is 3. The fourth-order valence-electron chi connectivity index (χ4n) is 6.37. The van der Waals surface area contributed by atoms with Crippen molar-refractivity contribution in [1.29, 1.82) is 5.26 Å². The maximum absolute atomic E-state index is 13.6. The number of hydrogen-bond acceptors (Lipinski definition) is 6. The Morgan fingerprint density at radius 3 is 2.61 bits per heavy atom. The number of nitrogens with zero attached hydrogens (tertiary/aromatic N) is 3. The zero-order chi connectivity index (χ0) is 27.2. The van der Waals surface area contributed by atoms with Gasteiger partial charge < -0.3 is 10.1 Å². The minimum absolute atomic E-state index is 0.168. The molecular weight excluding hydrogens is 503 g/mol. The first-order chi connectivity index (χ1) is 17.9. The summed E-state index contributed by atoms with van der Waals surface area (Å²) in [5.41, 5.74) is -3.70. The van der Waals surface area contributed by atoms with Gasteiger partial charge >= 0.3 is 6.18 Å². The van der Waals surface area contributed by atoms with Crippen LogP contribution in [-0.2, 0) is 20.5 Å². The molecule has 9 nitrogen and oxygen atoms in total. The Bertz CT molecular complexity index is 1590. The number of nitriles is 1. The Labute approximate surface area is 213 Å². The molecule has 3 amide bonds. The first kappa shape index (κ1) is 24.1. The second-order valence-electron chi connectivity index (χ2n) is 10.3. The third kappa shape index (κ3) is 3.14. The van der Waals surface area contributed by atoms with Gasteiger partial charge in [-0.3, -0.25) is 19.5 Å². The summed E-state index contributed by atoms with van der Waals surface area (Å²) in [6, 6.07) is 10.7. The topological polar surface area (TPSA) is 128 Å². The van der Waals surface area contributed by atoms with Crippen LogP contribution in [0.25, 0.3) is 10.9 Å². The molecule has 12 heteroatoms. The molecular formula is C26H20F3N5O4. The number of anilines is 1. The van der Waals surface area contributed by atoms with Gasteiger partial charge in [0, 0.05) is 11.8 Å². The summed E-state index contributed by atoms with van der Waals surface area (Å²) in [5, 5.41) is 19.5. The van der Waals surface area contributed by atoms with Crippen LogP contribution < -0.4 is 10.2 Å². The summed E-state index contributed by atoms with van der Waals surface area (Å²) in [6.07, 6.45) is -4.64. The maximum Gasteiger partial charge on any atom is 0.417 e. The van der Waals surface area contributed by atoms with Gasteiger partial charge in [-0.25, -0.2) is 4.90 Å². The van der Waals surface area contributed by atoms with Gasteiger partial charge in [0.15, 0.2) is 5.69 Å². The van der Waals surface area contributed by atoms with Crippen LogP contribution >= 0.6 is 0 Å². The minimum atomic E-state index is -4.85. The van der Waals surface area contributed by atoms with Gasteiger partial charge in [0.05, 0.1) is 57.5 Å². The van der Waals surface area contributed by atoms with Crippen LogP contribution in [0, 0.1) is 23.2 Å². The molecule has 3 aliphatic heterocycles. The number of H-pyrrole nitrogens is 1. The molecule has 3 fully saturated rings. The Morgan fingerprint density at radius 2 is 1.89 bits per heavy atom. The molecule has 6 rings (SSSR count). The van der Waals surface area contributed by atoms with Crippen molar-refractivity contribution in [2.75, 3.05) is 4.90 Å². The molecule has 2 aromatic carbocycles. The highest BCUT2D eigenvalue weighted by molar-refractivity contribution is 6.23. The minimum Gasteiger partial charge on any atom is -0.365 e. The molecule has 1 aromatic heterocycles. The molecule has 194 valence electrons. The number of carbonyl (C=O) groups is 3. The molecule has 3 aromatic rings. The number of fused-ring (bicyclic) bond motifs is 6. The highest BCUT2D eigenvalue weighted by Gasteiger charge is 2.76. The van der Waals surface area contributed by atoms with Crippen molar-refractivity contribution < 1.29 is 32.3 Å². The van der Waals surface area contributed by atoms with E-state index < -0.39 is 64.1 Å². The third-order valence-corrected chi connectivity index (χ3v) is 8.01. The smallest absolute Gasteiger partial charge is 0.365 e. The van der Waals surface area contributed by atoms with E-state index in [1.807, 2.05) is 0 Å². The number of amides is 3. The van der Waals surface area contributed by atoms with E-state index in [-0.39, 0.29) is 17.8 Å². The molecule has 2 N–H and O–H groups in total. The number of ether oxygens (including phenoxy) is 1. The average Bonchev–Trinajstić information content (AvgIpc) is 3.54. The number of para-hydroxylation sites is 1. The average molecular weight is 523 g/mol. The number of hydrogen-bond donors (Lipinski definition) is 2. The number of imide groups is 1. The monoisotopic (exact) mass is 523 g/mol. The zero-order valence-corrected chi connectivity index (χ0v) is 20.1. The third-order valence-electron chi connectivity index (χ3n) is 8.01. The van der Waals surface area contributed by atoms with E-state index in [0.717, 1.165) is 17.0 Å². The Hall–Kier alpha value is -4.24. The van der Waals surface area contributed by atoms with Crippen molar-refractivity contribution in [3.63, 3.8) is 0 Å². The highest BCUT2D eigenvalue weighted by Crippen LogP contribution is 2.61. The molecule has 4 heterocycles. The normalized spacial score (nSPS) is 30.1. The fourth-order valence-corrected chi connectivity index (χ4v) is 6.37. The SMILES string of the molecule is C[C@]12O[C@](C)(C[C@H]1NC(=O)c1n[nH]c3ccccc13)[C@H]1C(=O)N(c3ccc(C#N)c(C(F)(F)F)c3)C(=O)[C@H]12. The summed E-state index contributed by atoms with van der Waals surface area (Å²) in [7, 11) is 0. The van der Waals surface area contributed by atoms with Crippen LogP contribution in [0.15, 0.2) is 42.5 Å². The van der Waals surface area contributed by atoms with E-state index in [0.29, 0.717) is 17.0 Å². The number of nitrogens with one attached hydrogen (secondary N) is 2. The van der Waals surface area contributed by atoms with Crippen LogP contribution in [0.2, 0.25) is 0 Å². The number of rotatable bonds is 3. The van der Waals surface area contributed by atoms with Gasteiger partial charge in [-0.2, -0.15) is 23.5 Å². The van der Waals surface area contributed by atoms with Crippen LogP contribution in [0.1, 0.15) is 41.9 Å². The van der Waals surface area contributed by atoms with Crippen molar-refractivity contribution in [3.05, 3.63) is 59.3 Å². The highest BCUT2D eigenvalue weighted by atomic mass is 19.4. The number of aromatic amines is 1. The second-order valence-corrected chi connectivity index (χ2v) is 10.3. The van der Waals surface area contributed by atoms with Gasteiger partial charge in [0.1, 0.15) is 0 Å². The van der Waals surface area contributed by atoms with Gasteiger partial charge in [0.25, 0.3) is 5.91 Å². The van der Waals surface area contributed by atoms with Gasteiger partial charge in [-0.05, 0) is 38.1 Å². The fraction of sp³-hybridized carbons (Fsp3) is 0.346. The van der Waals surface area contributed by atoms with E-state index >= 15 is 0 Å². The van der Waals surface area contributed by atoms with Crippen molar-refractivity contribution in [3.8, 4) is 6.07 Å². The van der Waals surface area contributed by atoms with Gasteiger partial charge in [0.2, 0.25) is 11.8 Å². The van der Waals surface area contributed by atoms with Crippen LogP contribution in [0.4, 0.5) is 18.9 Å². The molecule has 38 heavy (non-hydrogen) atoms. The Balaban J connectivity index is 1.33. The van der Waals surface area contributed by atoms with Gasteiger partial charge in [-0.15, -0.1) is 0 Å². The van der Waals surface area contributed by atoms with E-state index in [1.54, 1.807) is 38.1 Å². The van der Waals surface area contributed by atoms with E-state index in [9.17, 15) is 27.6 Å². The van der Waals surface area contributed by atoms with Crippen LogP contribution in [-0.4, -0.2) is 45.2 Å². The molecule has 3 aliphatic rings. The largest absolute Gasteiger partial charge is 0.417 e. The lowest BCUT2D eigenvalue weighted by atomic mass is 9.66. The van der Waals surface area contributed by atoms with Gasteiger partial charge in [-0.1, -0.05) is 18.2 Å². The lowest BCUT2D eigenvalue weighted by Crippen LogP contribution is -2.56. The molecule has 0 radical (unpaired) electrons. The second kappa shape index (κ2) is 7.64.